The van der Waals surface area contributed by atoms with Gasteiger partial charge in [0, 0.05) is 12.6 Å². The van der Waals surface area contributed by atoms with Gasteiger partial charge in [0.05, 0.1) is 17.0 Å². The van der Waals surface area contributed by atoms with Crippen molar-refractivity contribution in [3.05, 3.63) is 34.9 Å². The van der Waals surface area contributed by atoms with Gasteiger partial charge in [0.25, 0.3) is 0 Å². The highest BCUT2D eigenvalue weighted by Crippen LogP contribution is 2.37. The lowest BCUT2D eigenvalue weighted by Gasteiger charge is -2.20. The molecule has 1 rings (SSSR count). The molecule has 1 N–H and O–H groups in total. The van der Waals surface area contributed by atoms with Gasteiger partial charge in [-0.1, -0.05) is 27.7 Å². The summed E-state index contributed by atoms with van der Waals surface area (Å²) in [4.78, 5) is 11.7. The molecule has 0 spiro atoms. The van der Waals surface area contributed by atoms with Gasteiger partial charge in [0.1, 0.15) is 5.78 Å². The molecule has 0 aliphatic rings. The van der Waals surface area contributed by atoms with E-state index >= 15 is 0 Å². The molecule has 0 heterocycles. The van der Waals surface area contributed by atoms with Gasteiger partial charge in [-0.3, -0.25) is 4.79 Å². The van der Waals surface area contributed by atoms with Crippen molar-refractivity contribution in [3.63, 3.8) is 0 Å². The van der Waals surface area contributed by atoms with Crippen molar-refractivity contribution in [1.82, 2.24) is 5.32 Å². The molecular formula is C17H23F6NO. The number of rotatable bonds is 5. The molecule has 25 heavy (non-hydrogen) atoms. The smallest absolute Gasteiger partial charge is 0.313 e. The molecule has 0 amide bonds. The van der Waals surface area contributed by atoms with E-state index < -0.39 is 35.2 Å². The van der Waals surface area contributed by atoms with Gasteiger partial charge in [-0.05, 0) is 30.7 Å². The first-order valence-corrected chi connectivity index (χ1v) is 7.85. The average molecular weight is 371 g/mol. The second-order valence-corrected chi connectivity index (χ2v) is 5.57. The van der Waals surface area contributed by atoms with Crippen molar-refractivity contribution in [2.24, 2.45) is 0 Å². The molecule has 1 aromatic carbocycles. The van der Waals surface area contributed by atoms with Crippen molar-refractivity contribution in [2.45, 2.75) is 58.9 Å². The summed E-state index contributed by atoms with van der Waals surface area (Å²) in [7, 11) is 0. The first-order chi connectivity index (χ1) is 11.3. The lowest BCUT2D eigenvalue weighted by atomic mass is 9.91. The maximum atomic E-state index is 12.8. The van der Waals surface area contributed by atoms with Crippen LogP contribution in [0.3, 0.4) is 0 Å². The minimum Gasteiger partial charge on any atom is -0.313 e. The molecule has 0 saturated carbocycles. The molecule has 0 aliphatic carbocycles. The van der Waals surface area contributed by atoms with Crippen LogP contribution in [0, 0.1) is 0 Å². The normalized spacial score (nSPS) is 13.3. The first-order valence-electron chi connectivity index (χ1n) is 7.85. The zero-order valence-corrected chi connectivity index (χ0v) is 14.8. The van der Waals surface area contributed by atoms with Crippen LogP contribution in [-0.2, 0) is 17.1 Å². The molecule has 0 aromatic heterocycles. The third-order valence-electron chi connectivity index (χ3n) is 3.23. The number of ketones is 1. The van der Waals surface area contributed by atoms with E-state index in [1.54, 1.807) is 13.8 Å². The van der Waals surface area contributed by atoms with E-state index in [1.165, 1.54) is 0 Å². The molecule has 0 bridgehead atoms. The summed E-state index contributed by atoms with van der Waals surface area (Å²) < 4.78 is 77.1. The van der Waals surface area contributed by atoms with E-state index in [2.05, 4.69) is 5.32 Å². The number of halogens is 6. The third-order valence-corrected chi connectivity index (χ3v) is 3.23. The number of nitrogens with one attached hydrogen (secondary N) is 1. The van der Waals surface area contributed by atoms with Crippen LogP contribution in [0.4, 0.5) is 26.3 Å². The van der Waals surface area contributed by atoms with Gasteiger partial charge in [-0.2, -0.15) is 26.3 Å². The Morgan fingerprint density at radius 3 is 1.64 bits per heavy atom. The standard InChI is InChI=1S/C15H17F6NO.C2H6/c1-8(2)22-7-13(9(3)23)10-4-11(14(16,17)18)6-12(5-10)15(19,20)21;1-2/h4-6,8,13,22H,7H2,1-3H3;1-2H3. The van der Waals surface area contributed by atoms with Crippen LogP contribution < -0.4 is 5.32 Å². The molecule has 8 heteroatoms. The van der Waals surface area contributed by atoms with Crippen LogP contribution in [0.25, 0.3) is 0 Å². The molecule has 0 aliphatic heterocycles. The Kier molecular flexibility index (Phi) is 8.64. The van der Waals surface area contributed by atoms with Crippen molar-refractivity contribution in [1.29, 1.82) is 0 Å². The summed E-state index contributed by atoms with van der Waals surface area (Å²) in [6.45, 7) is 8.61. The molecule has 2 nitrogen and oxygen atoms in total. The SMILES string of the molecule is CC.CC(=O)C(CNC(C)C)c1cc(C(F)(F)F)cc(C(F)(F)F)c1. The summed E-state index contributed by atoms with van der Waals surface area (Å²) in [6, 6.07) is 1.19. The second kappa shape index (κ2) is 9.22. The van der Waals surface area contributed by atoms with Crippen LogP contribution in [-0.4, -0.2) is 18.4 Å². The summed E-state index contributed by atoms with van der Waals surface area (Å²) in [5, 5.41) is 2.86. The lowest BCUT2D eigenvalue weighted by Crippen LogP contribution is -2.31. The number of hydrogen-bond acceptors (Lipinski definition) is 2. The van der Waals surface area contributed by atoms with Crippen LogP contribution in [0.2, 0.25) is 0 Å². The van der Waals surface area contributed by atoms with Gasteiger partial charge in [-0.25, -0.2) is 0 Å². The molecule has 1 aromatic rings. The van der Waals surface area contributed by atoms with Crippen LogP contribution in [0.15, 0.2) is 18.2 Å². The fraction of sp³-hybridized carbons (Fsp3) is 0.588. The monoisotopic (exact) mass is 371 g/mol. The van der Waals surface area contributed by atoms with Gasteiger partial charge < -0.3 is 5.32 Å². The van der Waals surface area contributed by atoms with E-state index in [-0.39, 0.29) is 24.2 Å². The third kappa shape index (κ3) is 7.46. The van der Waals surface area contributed by atoms with Gasteiger partial charge in [-0.15, -0.1) is 0 Å². The highest BCUT2D eigenvalue weighted by Gasteiger charge is 2.37. The highest BCUT2D eigenvalue weighted by molar-refractivity contribution is 5.83. The maximum Gasteiger partial charge on any atom is 0.416 e. The molecule has 1 unspecified atom stereocenters. The summed E-state index contributed by atoms with van der Waals surface area (Å²) >= 11 is 0. The minimum absolute atomic E-state index is 0.0361. The number of carbonyl (C=O) groups excluding carboxylic acids is 1. The Bertz CT molecular complexity index is 531. The van der Waals surface area contributed by atoms with E-state index in [9.17, 15) is 31.1 Å². The van der Waals surface area contributed by atoms with Crippen molar-refractivity contribution in [2.75, 3.05) is 6.54 Å². The summed E-state index contributed by atoms with van der Waals surface area (Å²) in [5.74, 6) is -1.59. The number of benzene rings is 1. The Morgan fingerprint density at radius 1 is 0.960 bits per heavy atom. The maximum absolute atomic E-state index is 12.8. The zero-order valence-electron chi connectivity index (χ0n) is 14.8. The molecule has 0 saturated heterocycles. The first kappa shape index (κ1) is 23.4. The molecule has 144 valence electrons. The van der Waals surface area contributed by atoms with E-state index in [4.69, 9.17) is 0 Å². The Balaban J connectivity index is 0.00000277. The fourth-order valence-electron chi connectivity index (χ4n) is 2.03. The Labute approximate surface area is 143 Å². The molecule has 0 radical (unpaired) electrons. The van der Waals surface area contributed by atoms with E-state index in [0.29, 0.717) is 12.1 Å². The van der Waals surface area contributed by atoms with Crippen LogP contribution in [0.1, 0.15) is 57.2 Å². The molecular weight excluding hydrogens is 348 g/mol. The number of hydrogen-bond donors (Lipinski definition) is 1. The van der Waals surface area contributed by atoms with Crippen molar-refractivity contribution >= 4 is 5.78 Å². The molecule has 1 atom stereocenters. The topological polar surface area (TPSA) is 29.1 Å². The van der Waals surface area contributed by atoms with E-state index in [1.807, 2.05) is 13.8 Å². The fourth-order valence-corrected chi connectivity index (χ4v) is 2.03. The average Bonchev–Trinajstić information content (AvgIpc) is 2.46. The Hall–Kier alpha value is -1.57. The summed E-state index contributed by atoms with van der Waals surface area (Å²) in [5.41, 5.74) is -3.14. The minimum atomic E-state index is -4.93. The summed E-state index contributed by atoms with van der Waals surface area (Å²) in [6.07, 6.45) is -9.86. The van der Waals surface area contributed by atoms with Crippen molar-refractivity contribution < 1.29 is 31.1 Å². The Morgan fingerprint density at radius 2 is 1.36 bits per heavy atom. The largest absolute Gasteiger partial charge is 0.416 e. The highest BCUT2D eigenvalue weighted by atomic mass is 19.4. The number of alkyl halides is 6. The number of Topliss-reactive ketones (excluding diaryl/α,β-unsaturated/α-hetero) is 1. The van der Waals surface area contributed by atoms with Crippen molar-refractivity contribution in [3.8, 4) is 0 Å². The van der Waals surface area contributed by atoms with Gasteiger partial charge in [0.2, 0.25) is 0 Å². The van der Waals surface area contributed by atoms with Gasteiger partial charge in [0.15, 0.2) is 0 Å². The van der Waals surface area contributed by atoms with E-state index in [0.717, 1.165) is 6.92 Å². The zero-order chi connectivity index (χ0) is 20.0. The van der Waals surface area contributed by atoms with Crippen LogP contribution >= 0.6 is 0 Å². The molecule has 0 fully saturated rings. The second-order valence-electron chi connectivity index (χ2n) is 5.57. The lowest BCUT2D eigenvalue weighted by molar-refractivity contribution is -0.143. The van der Waals surface area contributed by atoms with Crippen LogP contribution in [0.5, 0.6) is 0 Å². The predicted molar refractivity (Wildman–Crippen MR) is 84.4 cm³/mol. The van der Waals surface area contributed by atoms with Gasteiger partial charge >= 0.3 is 12.4 Å². The number of carbonyl (C=O) groups is 1. The quantitative estimate of drug-likeness (QED) is 0.700. The predicted octanol–water partition coefficient (Wildman–Crippen LogP) is 5.42.